The third kappa shape index (κ3) is 7.34. The van der Waals surface area contributed by atoms with Gasteiger partial charge in [0.15, 0.2) is 6.23 Å². The average Bonchev–Trinajstić information content (AvgIpc) is 3.14. The zero-order chi connectivity index (χ0) is 28.6. The highest BCUT2D eigenvalue weighted by molar-refractivity contribution is 7.52. The second-order valence-corrected chi connectivity index (χ2v) is 10.2. The van der Waals surface area contributed by atoms with Gasteiger partial charge in [-0.05, 0) is 31.0 Å². The number of rotatable bonds is 13. The maximum absolute atomic E-state index is 13.8. The van der Waals surface area contributed by atoms with Gasteiger partial charge in [-0.25, -0.2) is 9.36 Å². The molecule has 39 heavy (non-hydrogen) atoms. The van der Waals surface area contributed by atoms with Crippen LogP contribution in [-0.2, 0) is 23.4 Å². The van der Waals surface area contributed by atoms with Gasteiger partial charge in [0, 0.05) is 17.2 Å². The summed E-state index contributed by atoms with van der Waals surface area (Å²) in [6.07, 6.45) is -3.05. The van der Waals surface area contributed by atoms with Crippen molar-refractivity contribution >= 4 is 13.7 Å². The van der Waals surface area contributed by atoms with Crippen molar-refractivity contribution in [2.75, 3.05) is 13.2 Å². The van der Waals surface area contributed by atoms with Gasteiger partial charge >= 0.3 is 19.4 Å². The van der Waals surface area contributed by atoms with Crippen molar-refractivity contribution in [2.45, 2.75) is 56.9 Å². The Kier molecular flexibility index (Phi) is 10.1. The molecule has 1 aliphatic rings. The zero-order valence-corrected chi connectivity index (χ0v) is 22.0. The number of benzene rings is 1. The molecular formula is C22H29N6O10P. The topological polar surface area (TPSA) is 227 Å². The van der Waals surface area contributed by atoms with Crippen LogP contribution in [0.25, 0.3) is 10.4 Å². The van der Waals surface area contributed by atoms with Crippen LogP contribution in [0.1, 0.15) is 32.9 Å². The predicted octanol–water partition coefficient (Wildman–Crippen LogP) is 1.32. The lowest BCUT2D eigenvalue weighted by Crippen LogP contribution is -2.45. The molecule has 4 N–H and O–H groups in total. The van der Waals surface area contributed by atoms with E-state index in [-0.39, 0.29) is 12.4 Å². The number of aliphatic hydroxyl groups is 2. The molecule has 0 saturated carbocycles. The Bertz CT molecular complexity index is 1350. The Labute approximate surface area is 221 Å². The summed E-state index contributed by atoms with van der Waals surface area (Å²) in [5.74, 6) is -0.651. The van der Waals surface area contributed by atoms with E-state index in [9.17, 15) is 29.2 Å². The molecule has 2 aromatic rings. The number of H-pyrrole nitrogens is 1. The summed E-state index contributed by atoms with van der Waals surface area (Å²) in [5, 5.41) is 27.2. The third-order valence-corrected chi connectivity index (χ3v) is 7.22. The molecule has 0 radical (unpaired) electrons. The Balaban J connectivity index is 1.88. The lowest BCUT2D eigenvalue weighted by Gasteiger charge is -2.29. The van der Waals surface area contributed by atoms with Crippen molar-refractivity contribution in [1.82, 2.24) is 14.6 Å². The Morgan fingerprint density at radius 3 is 2.69 bits per heavy atom. The second kappa shape index (κ2) is 13.0. The summed E-state index contributed by atoms with van der Waals surface area (Å²) in [6.45, 7) is 2.47. The fraction of sp³-hybridized carbons (Fsp3) is 0.500. The molecule has 0 spiro atoms. The summed E-state index contributed by atoms with van der Waals surface area (Å²) >= 11 is 0. The van der Waals surface area contributed by atoms with Gasteiger partial charge in [-0.2, -0.15) is 5.09 Å². The largest absolute Gasteiger partial charge is 0.465 e. The number of hydrogen-bond donors (Lipinski definition) is 4. The second-order valence-electron chi connectivity index (χ2n) is 8.54. The third-order valence-electron chi connectivity index (χ3n) is 5.60. The molecule has 1 aliphatic heterocycles. The van der Waals surface area contributed by atoms with Gasteiger partial charge < -0.3 is 24.2 Å². The van der Waals surface area contributed by atoms with Crippen molar-refractivity contribution < 1.29 is 38.1 Å². The van der Waals surface area contributed by atoms with E-state index < -0.39 is 61.8 Å². The van der Waals surface area contributed by atoms with Crippen LogP contribution in [-0.4, -0.2) is 62.9 Å². The van der Waals surface area contributed by atoms with Gasteiger partial charge in [-0.15, -0.1) is 0 Å². The number of para-hydroxylation sites is 1. The number of aromatic nitrogens is 2. The number of carbonyl (C=O) groups excluding carboxylic acids is 1. The monoisotopic (exact) mass is 568 g/mol. The number of ether oxygens (including phenoxy) is 2. The maximum Gasteiger partial charge on any atom is 0.459 e. The fourth-order valence-corrected chi connectivity index (χ4v) is 5.06. The van der Waals surface area contributed by atoms with E-state index in [1.54, 1.807) is 18.2 Å². The molecule has 1 aromatic carbocycles. The number of hydrogen-bond acceptors (Lipinski definition) is 11. The molecular weight excluding hydrogens is 539 g/mol. The molecule has 1 saturated heterocycles. The summed E-state index contributed by atoms with van der Waals surface area (Å²) in [6, 6.07) is 7.59. The van der Waals surface area contributed by atoms with Crippen LogP contribution in [0, 0.1) is 0 Å². The van der Waals surface area contributed by atoms with Gasteiger partial charge in [0.25, 0.3) is 5.56 Å². The van der Waals surface area contributed by atoms with E-state index in [1.165, 1.54) is 19.1 Å². The number of nitrogens with one attached hydrogen (secondary N) is 2. The van der Waals surface area contributed by atoms with Crippen molar-refractivity contribution in [3.8, 4) is 5.75 Å². The summed E-state index contributed by atoms with van der Waals surface area (Å²) in [5.41, 5.74) is 5.06. The highest BCUT2D eigenvalue weighted by Crippen LogP contribution is 2.48. The average molecular weight is 568 g/mol. The SMILES string of the molecule is CCCCOC(=O)[C@H](C)NP(=O)(OCC1(N=[N+]=[N-])O[C@@H](n2ccc(=O)[nH]c2=O)[C@@H](O)[C@H]1O)Oc1ccccc1. The molecule has 212 valence electrons. The molecule has 3 rings (SSSR count). The minimum Gasteiger partial charge on any atom is -0.465 e. The molecule has 2 unspecified atom stereocenters. The summed E-state index contributed by atoms with van der Waals surface area (Å²) in [4.78, 5) is 40.6. The number of unbranched alkanes of at least 4 members (excludes halogenated alkanes) is 1. The number of azide groups is 1. The molecule has 0 amide bonds. The van der Waals surface area contributed by atoms with E-state index in [0.717, 1.165) is 23.3 Å². The van der Waals surface area contributed by atoms with E-state index in [2.05, 4.69) is 15.1 Å². The van der Waals surface area contributed by atoms with Gasteiger partial charge in [0.1, 0.15) is 24.0 Å². The minimum atomic E-state index is -4.49. The standard InChI is InChI=1S/C22H29N6O10P/c1-3-4-12-35-20(32)14(2)25-39(34,38-15-8-6-5-7-9-15)36-13-22(26-27-23)18(31)17(30)19(37-22)28-11-10-16(29)24-21(28)33/h5-11,14,17-19,30-31H,3-4,12-13H2,1-2H3,(H,25,34)(H,24,29,33)/t14-,17-,18+,19+,22?,39?/m0/s1. The van der Waals surface area contributed by atoms with E-state index in [4.69, 9.17) is 24.1 Å². The van der Waals surface area contributed by atoms with Crippen LogP contribution in [0.5, 0.6) is 5.75 Å². The predicted molar refractivity (Wildman–Crippen MR) is 134 cm³/mol. The molecule has 16 nitrogen and oxygen atoms in total. The number of aromatic amines is 1. The highest BCUT2D eigenvalue weighted by Gasteiger charge is 2.56. The normalized spacial score (nSPS) is 24.8. The quantitative estimate of drug-likeness (QED) is 0.0672. The van der Waals surface area contributed by atoms with Crippen molar-refractivity contribution in [1.29, 1.82) is 0 Å². The van der Waals surface area contributed by atoms with Crippen LogP contribution in [0.15, 0.2) is 57.3 Å². The Hall–Kier alpha value is -3.49. The number of nitrogens with zero attached hydrogens (tertiary/aromatic N) is 4. The van der Waals surface area contributed by atoms with E-state index in [0.29, 0.717) is 6.42 Å². The number of esters is 1. The lowest BCUT2D eigenvalue weighted by atomic mass is 10.1. The smallest absolute Gasteiger partial charge is 0.459 e. The maximum atomic E-state index is 13.8. The van der Waals surface area contributed by atoms with Gasteiger partial charge in [-0.1, -0.05) is 36.7 Å². The lowest BCUT2D eigenvalue weighted by molar-refractivity contribution is -0.145. The van der Waals surface area contributed by atoms with Gasteiger partial charge in [0.05, 0.1) is 13.2 Å². The fourth-order valence-electron chi connectivity index (χ4n) is 3.55. The molecule has 0 bridgehead atoms. The summed E-state index contributed by atoms with van der Waals surface area (Å²) < 4.78 is 36.3. The first-order chi connectivity index (χ1) is 18.5. The molecule has 2 heterocycles. The Morgan fingerprint density at radius 2 is 2.05 bits per heavy atom. The number of carbonyl (C=O) groups is 1. The van der Waals surface area contributed by atoms with Crippen LogP contribution in [0.2, 0.25) is 0 Å². The zero-order valence-electron chi connectivity index (χ0n) is 21.1. The van der Waals surface area contributed by atoms with Crippen LogP contribution in [0.3, 0.4) is 0 Å². The number of aliphatic hydroxyl groups excluding tert-OH is 2. The van der Waals surface area contributed by atoms with Crippen molar-refractivity contribution in [3.63, 3.8) is 0 Å². The molecule has 0 aliphatic carbocycles. The van der Waals surface area contributed by atoms with E-state index >= 15 is 0 Å². The molecule has 1 aromatic heterocycles. The summed E-state index contributed by atoms with van der Waals surface area (Å²) in [7, 11) is -4.49. The van der Waals surface area contributed by atoms with Crippen LogP contribution in [0.4, 0.5) is 0 Å². The first-order valence-corrected chi connectivity index (χ1v) is 13.4. The van der Waals surface area contributed by atoms with Crippen LogP contribution >= 0.6 is 7.75 Å². The van der Waals surface area contributed by atoms with Crippen molar-refractivity contribution in [3.05, 3.63) is 73.9 Å². The first kappa shape index (κ1) is 30.1. The first-order valence-electron chi connectivity index (χ1n) is 11.9. The van der Waals surface area contributed by atoms with Crippen LogP contribution < -0.4 is 20.9 Å². The highest BCUT2D eigenvalue weighted by atomic mass is 31.2. The molecule has 6 atom stereocenters. The van der Waals surface area contributed by atoms with Crippen molar-refractivity contribution in [2.24, 2.45) is 5.11 Å². The molecule has 17 heteroatoms. The van der Waals surface area contributed by atoms with Gasteiger partial charge in [-0.3, -0.25) is 23.7 Å². The molecule has 1 fully saturated rings. The minimum absolute atomic E-state index is 0.0864. The van der Waals surface area contributed by atoms with Gasteiger partial charge in [0.2, 0.25) is 5.72 Å². The van der Waals surface area contributed by atoms with E-state index in [1.807, 2.05) is 11.9 Å². The Morgan fingerprint density at radius 1 is 1.33 bits per heavy atom.